The summed E-state index contributed by atoms with van der Waals surface area (Å²) in [6.45, 7) is 2.01. The first-order chi connectivity index (χ1) is 14.0. The maximum absolute atomic E-state index is 12.6. The number of carbonyl (C=O) groups excluding carboxylic acids is 2. The lowest BCUT2D eigenvalue weighted by molar-refractivity contribution is -0.910. The molecule has 0 radical (unpaired) electrons. The van der Waals surface area contributed by atoms with Gasteiger partial charge in [-0.25, -0.2) is 13.3 Å². The van der Waals surface area contributed by atoms with Crippen molar-refractivity contribution in [2.45, 2.75) is 0 Å². The molecule has 2 aliphatic rings. The Labute approximate surface area is 169 Å². The first kappa shape index (κ1) is 19.5. The second-order valence-corrected chi connectivity index (χ2v) is 8.97. The van der Waals surface area contributed by atoms with Crippen molar-refractivity contribution in [1.29, 1.82) is 0 Å². The van der Waals surface area contributed by atoms with Gasteiger partial charge in [-0.2, -0.15) is 4.31 Å². The molecule has 2 heterocycles. The van der Waals surface area contributed by atoms with E-state index >= 15 is 0 Å². The second-order valence-electron chi connectivity index (χ2n) is 7.15. The molecule has 0 spiro atoms. The monoisotopic (exact) mass is 412 g/mol. The molecule has 0 aromatic heterocycles. The maximum atomic E-state index is 12.6. The summed E-state index contributed by atoms with van der Waals surface area (Å²) < 4.78 is 26.6. The third-order valence-corrected chi connectivity index (χ3v) is 6.85. The number of benzene rings is 2. The molecular weight excluding hydrogens is 390 g/mol. The third kappa shape index (κ3) is 4.00. The van der Waals surface area contributed by atoms with E-state index in [0.29, 0.717) is 37.3 Å². The summed E-state index contributed by atoms with van der Waals surface area (Å²) in [6.07, 6.45) is 1.59. The molecule has 2 aromatic rings. The number of imide groups is 1. The Kier molecular flexibility index (Phi) is 5.31. The average molecular weight is 412 g/mol. The van der Waals surface area contributed by atoms with E-state index < -0.39 is 10.0 Å². The van der Waals surface area contributed by atoms with Gasteiger partial charge in [0.05, 0.1) is 37.3 Å². The molecule has 7 nitrogen and oxygen atoms in total. The summed E-state index contributed by atoms with van der Waals surface area (Å²) in [5, 5.41) is 1.23. The average Bonchev–Trinajstić information content (AvgIpc) is 2.99. The number of sulfonamides is 1. The van der Waals surface area contributed by atoms with E-state index in [1.165, 1.54) is 14.6 Å². The van der Waals surface area contributed by atoms with Gasteiger partial charge >= 0.3 is 0 Å². The summed E-state index contributed by atoms with van der Waals surface area (Å²) in [6, 6.07) is 16.1. The van der Waals surface area contributed by atoms with Crippen LogP contribution in [0.5, 0.6) is 0 Å². The van der Waals surface area contributed by atoms with Gasteiger partial charge in [-0.1, -0.05) is 42.5 Å². The highest BCUT2D eigenvalue weighted by Gasteiger charge is 2.38. The van der Waals surface area contributed by atoms with Gasteiger partial charge < -0.3 is 4.90 Å². The minimum atomic E-state index is -3.51. The highest BCUT2D eigenvalue weighted by Crippen LogP contribution is 2.21. The first-order valence-electron chi connectivity index (χ1n) is 9.48. The molecule has 1 N–H and O–H groups in total. The summed E-state index contributed by atoms with van der Waals surface area (Å²) in [5.41, 5.74) is 1.69. The van der Waals surface area contributed by atoms with Crippen LogP contribution in [0.15, 0.2) is 60.0 Å². The number of fused-ring (bicyclic) bond motifs is 1. The standard InChI is InChI=1S/C21H21N3O4S/c25-20-18-8-4-5-9-19(18)21(26)24(20)16-22-11-13-23(14-12-22)29(27,28)15-10-17-6-2-1-3-7-17/h1-10,15H,11-14,16H2/p+1/b15-10+. The highest BCUT2D eigenvalue weighted by atomic mass is 32.2. The Morgan fingerprint density at radius 2 is 1.41 bits per heavy atom. The zero-order valence-corrected chi connectivity index (χ0v) is 16.6. The number of carbonyl (C=O) groups is 2. The zero-order valence-electron chi connectivity index (χ0n) is 15.8. The van der Waals surface area contributed by atoms with Crippen molar-refractivity contribution in [1.82, 2.24) is 9.21 Å². The van der Waals surface area contributed by atoms with Gasteiger partial charge in [-0.3, -0.25) is 9.59 Å². The van der Waals surface area contributed by atoms with Crippen molar-refractivity contribution in [2.75, 3.05) is 32.8 Å². The minimum Gasteiger partial charge on any atom is -0.315 e. The Hall–Kier alpha value is -2.81. The largest absolute Gasteiger partial charge is 0.315 e. The van der Waals surface area contributed by atoms with Crippen LogP contribution in [0.2, 0.25) is 0 Å². The molecule has 1 saturated heterocycles. The van der Waals surface area contributed by atoms with Crippen LogP contribution in [0, 0.1) is 0 Å². The Morgan fingerprint density at radius 1 is 0.862 bits per heavy atom. The Balaban J connectivity index is 1.36. The fourth-order valence-corrected chi connectivity index (χ4v) is 4.83. The van der Waals surface area contributed by atoms with E-state index in [9.17, 15) is 18.0 Å². The zero-order chi connectivity index (χ0) is 20.4. The molecule has 1 fully saturated rings. The van der Waals surface area contributed by atoms with E-state index in [1.807, 2.05) is 30.3 Å². The van der Waals surface area contributed by atoms with Crippen LogP contribution in [-0.4, -0.2) is 62.3 Å². The van der Waals surface area contributed by atoms with Gasteiger partial charge in [0, 0.05) is 5.41 Å². The Morgan fingerprint density at radius 3 is 2.00 bits per heavy atom. The van der Waals surface area contributed by atoms with Crippen LogP contribution >= 0.6 is 0 Å². The fraction of sp³-hybridized carbons (Fsp3) is 0.238. The SMILES string of the molecule is O=C1c2ccccc2C(=O)N1C[NH+]1CCN(S(=O)(=O)/C=C/c2ccccc2)CC1. The van der Waals surface area contributed by atoms with E-state index in [-0.39, 0.29) is 18.5 Å². The normalized spacial score (nSPS) is 18.6. The molecule has 0 unspecified atom stereocenters. The van der Waals surface area contributed by atoms with Crippen LogP contribution < -0.4 is 4.90 Å². The van der Waals surface area contributed by atoms with Crippen molar-refractivity contribution in [3.63, 3.8) is 0 Å². The summed E-state index contributed by atoms with van der Waals surface area (Å²) in [4.78, 5) is 27.3. The highest BCUT2D eigenvalue weighted by molar-refractivity contribution is 7.92. The lowest BCUT2D eigenvalue weighted by Gasteiger charge is -2.32. The topological polar surface area (TPSA) is 79.2 Å². The number of quaternary nitrogens is 1. The molecule has 2 aromatic carbocycles. The van der Waals surface area contributed by atoms with Gasteiger partial charge in [0.1, 0.15) is 0 Å². The lowest BCUT2D eigenvalue weighted by atomic mass is 10.1. The molecule has 29 heavy (non-hydrogen) atoms. The number of hydrogen-bond acceptors (Lipinski definition) is 4. The minimum absolute atomic E-state index is 0.250. The molecule has 2 amide bonds. The molecule has 0 atom stereocenters. The number of hydrogen-bond donors (Lipinski definition) is 1. The Bertz CT molecular complexity index is 1020. The van der Waals surface area contributed by atoms with Gasteiger partial charge in [-0.15, -0.1) is 0 Å². The van der Waals surface area contributed by atoms with E-state index in [1.54, 1.807) is 30.3 Å². The van der Waals surface area contributed by atoms with Crippen molar-refractivity contribution in [3.05, 3.63) is 76.7 Å². The maximum Gasteiger partial charge on any atom is 0.265 e. The van der Waals surface area contributed by atoms with Crippen LogP contribution in [0.4, 0.5) is 0 Å². The van der Waals surface area contributed by atoms with E-state index in [0.717, 1.165) is 10.5 Å². The number of piperazine rings is 1. The predicted octanol–water partition coefficient (Wildman–Crippen LogP) is 0.441. The van der Waals surface area contributed by atoms with Crippen molar-refractivity contribution in [3.8, 4) is 0 Å². The number of rotatable bonds is 5. The van der Waals surface area contributed by atoms with Crippen molar-refractivity contribution in [2.24, 2.45) is 0 Å². The first-order valence-corrected chi connectivity index (χ1v) is 11.0. The molecule has 0 aliphatic carbocycles. The molecule has 2 aliphatic heterocycles. The molecule has 150 valence electrons. The summed E-state index contributed by atoms with van der Waals surface area (Å²) >= 11 is 0. The molecule has 0 saturated carbocycles. The molecule has 4 rings (SSSR count). The van der Waals surface area contributed by atoms with Gasteiger partial charge in [0.15, 0.2) is 6.67 Å². The van der Waals surface area contributed by atoms with Gasteiger partial charge in [-0.05, 0) is 23.8 Å². The van der Waals surface area contributed by atoms with Crippen LogP contribution in [0.3, 0.4) is 0 Å². The number of nitrogens with one attached hydrogen (secondary N) is 1. The molecule has 0 bridgehead atoms. The smallest absolute Gasteiger partial charge is 0.265 e. The van der Waals surface area contributed by atoms with Crippen LogP contribution in [0.1, 0.15) is 26.3 Å². The van der Waals surface area contributed by atoms with E-state index in [2.05, 4.69) is 0 Å². The van der Waals surface area contributed by atoms with Crippen molar-refractivity contribution < 1.29 is 22.9 Å². The number of amides is 2. The summed E-state index contributed by atoms with van der Waals surface area (Å²) in [5.74, 6) is -0.558. The quantitative estimate of drug-likeness (QED) is 0.723. The van der Waals surface area contributed by atoms with Crippen LogP contribution in [0.25, 0.3) is 6.08 Å². The lowest BCUT2D eigenvalue weighted by Crippen LogP contribution is -3.16. The predicted molar refractivity (Wildman–Crippen MR) is 108 cm³/mol. The van der Waals surface area contributed by atoms with Crippen molar-refractivity contribution >= 4 is 27.9 Å². The van der Waals surface area contributed by atoms with Gasteiger partial charge in [0.2, 0.25) is 10.0 Å². The van der Waals surface area contributed by atoms with E-state index in [4.69, 9.17) is 0 Å². The van der Waals surface area contributed by atoms with Crippen LogP contribution in [-0.2, 0) is 10.0 Å². The fourth-order valence-electron chi connectivity index (χ4n) is 3.64. The second kappa shape index (κ2) is 7.90. The van der Waals surface area contributed by atoms with Gasteiger partial charge in [0.25, 0.3) is 11.8 Å². The summed E-state index contributed by atoms with van der Waals surface area (Å²) in [7, 11) is -3.51. The third-order valence-electron chi connectivity index (χ3n) is 5.28. The molecular formula is C21H22N3O4S+. The number of nitrogens with zero attached hydrogens (tertiary/aromatic N) is 2. The molecule has 8 heteroatoms.